The van der Waals surface area contributed by atoms with Crippen LogP contribution in [0, 0.1) is 0 Å². The molecule has 0 N–H and O–H groups in total. The van der Waals surface area contributed by atoms with Crippen molar-refractivity contribution in [2.45, 2.75) is 0 Å². The Kier molecular flexibility index (Phi) is 7.97. The summed E-state index contributed by atoms with van der Waals surface area (Å²) in [5.74, 6) is -2.68. The molecular formula is C27H14Cl4O5. The van der Waals surface area contributed by atoms with E-state index in [1.165, 1.54) is 24.3 Å². The van der Waals surface area contributed by atoms with Crippen LogP contribution in [0.5, 0.6) is 11.5 Å². The maximum Gasteiger partial charge on any atom is 0.343 e. The summed E-state index contributed by atoms with van der Waals surface area (Å²) >= 11 is 24.9. The van der Waals surface area contributed by atoms with Gasteiger partial charge in [-0.2, -0.15) is 0 Å². The number of ketones is 1. The first-order valence-corrected chi connectivity index (χ1v) is 11.8. The summed E-state index contributed by atoms with van der Waals surface area (Å²) in [5, 5.41) is 0.0646. The second-order valence-corrected chi connectivity index (χ2v) is 9.06. The summed E-state index contributed by atoms with van der Waals surface area (Å²) in [4.78, 5) is 39.1. The van der Waals surface area contributed by atoms with Gasteiger partial charge in [-0.1, -0.05) is 82.8 Å². The lowest BCUT2D eigenvalue weighted by Crippen LogP contribution is -2.15. The molecule has 0 aromatic heterocycles. The minimum Gasteiger partial charge on any atom is -0.421 e. The van der Waals surface area contributed by atoms with Crippen LogP contribution < -0.4 is 9.47 Å². The van der Waals surface area contributed by atoms with Gasteiger partial charge in [0.05, 0.1) is 32.3 Å². The third-order valence-corrected chi connectivity index (χ3v) is 5.91. The number of carbonyl (C=O) groups excluding carboxylic acids is 3. The van der Waals surface area contributed by atoms with E-state index >= 15 is 0 Å². The maximum atomic E-state index is 13.7. The van der Waals surface area contributed by atoms with E-state index in [1.807, 2.05) is 0 Å². The number of hydrogen-bond donors (Lipinski definition) is 0. The summed E-state index contributed by atoms with van der Waals surface area (Å²) in [6, 6.07) is 21.5. The smallest absolute Gasteiger partial charge is 0.343 e. The van der Waals surface area contributed by atoms with E-state index in [2.05, 4.69) is 0 Å². The fraction of sp³-hybridized carbons (Fsp3) is 0. The van der Waals surface area contributed by atoms with Crippen molar-refractivity contribution in [3.8, 4) is 11.5 Å². The second-order valence-electron chi connectivity index (χ2n) is 7.37. The minimum absolute atomic E-state index is 0.0777. The third kappa shape index (κ3) is 5.72. The van der Waals surface area contributed by atoms with Gasteiger partial charge in [0.2, 0.25) is 5.78 Å². The highest BCUT2D eigenvalue weighted by molar-refractivity contribution is 6.38. The van der Waals surface area contributed by atoms with E-state index in [0.717, 1.165) is 0 Å². The van der Waals surface area contributed by atoms with Gasteiger partial charge in [-0.15, -0.1) is 0 Å². The Balaban J connectivity index is 1.77. The Morgan fingerprint density at radius 2 is 0.889 bits per heavy atom. The average Bonchev–Trinajstić information content (AvgIpc) is 2.87. The number of ether oxygens (including phenoxy) is 2. The van der Waals surface area contributed by atoms with E-state index in [9.17, 15) is 14.4 Å². The van der Waals surface area contributed by atoms with Crippen LogP contribution in [-0.2, 0) is 0 Å². The van der Waals surface area contributed by atoms with E-state index in [-0.39, 0.29) is 53.8 Å². The van der Waals surface area contributed by atoms with E-state index < -0.39 is 17.7 Å². The first-order valence-electron chi connectivity index (χ1n) is 10.3. The largest absolute Gasteiger partial charge is 0.421 e. The van der Waals surface area contributed by atoms with Crippen molar-refractivity contribution in [3.63, 3.8) is 0 Å². The number of carbonyl (C=O) groups is 3. The van der Waals surface area contributed by atoms with Crippen molar-refractivity contribution in [3.05, 3.63) is 127 Å². The molecule has 0 unspecified atom stereocenters. The molecule has 36 heavy (non-hydrogen) atoms. The maximum absolute atomic E-state index is 13.7. The molecule has 0 saturated carbocycles. The molecule has 0 aliphatic heterocycles. The molecule has 0 spiro atoms. The van der Waals surface area contributed by atoms with Crippen LogP contribution in [0.1, 0.15) is 36.6 Å². The number of esters is 2. The summed E-state index contributed by atoms with van der Waals surface area (Å²) < 4.78 is 11.0. The lowest BCUT2D eigenvalue weighted by molar-refractivity contribution is 0.0726. The normalized spacial score (nSPS) is 10.6. The van der Waals surface area contributed by atoms with Crippen LogP contribution in [-0.4, -0.2) is 17.7 Å². The molecule has 0 amide bonds. The Hall–Kier alpha value is -3.35. The lowest BCUT2D eigenvalue weighted by atomic mass is 10.0. The summed E-state index contributed by atoms with van der Waals surface area (Å²) in [6.07, 6.45) is 0. The Morgan fingerprint density at radius 3 is 1.25 bits per heavy atom. The Bertz CT molecular complexity index is 1360. The van der Waals surface area contributed by atoms with Crippen molar-refractivity contribution >= 4 is 64.1 Å². The fourth-order valence-corrected chi connectivity index (χ4v) is 4.33. The van der Waals surface area contributed by atoms with Crippen molar-refractivity contribution < 1.29 is 23.9 Å². The van der Waals surface area contributed by atoms with Gasteiger partial charge in [0, 0.05) is 10.0 Å². The summed E-state index contributed by atoms with van der Waals surface area (Å²) in [5.41, 5.74) is 0.162. The average molecular weight is 560 g/mol. The lowest BCUT2D eigenvalue weighted by Gasteiger charge is -2.15. The van der Waals surface area contributed by atoms with Gasteiger partial charge in [-0.25, -0.2) is 9.59 Å². The molecule has 4 rings (SSSR count). The summed E-state index contributed by atoms with van der Waals surface area (Å²) in [7, 11) is 0. The first-order chi connectivity index (χ1) is 17.2. The van der Waals surface area contributed by atoms with Gasteiger partial charge in [0.1, 0.15) is 0 Å². The molecule has 0 atom stereocenters. The molecule has 0 heterocycles. The number of halogens is 4. The predicted molar refractivity (Wildman–Crippen MR) is 139 cm³/mol. The van der Waals surface area contributed by atoms with Crippen LogP contribution in [0.2, 0.25) is 20.1 Å². The van der Waals surface area contributed by atoms with Gasteiger partial charge in [0.25, 0.3) is 0 Å². The quantitative estimate of drug-likeness (QED) is 0.136. The molecule has 0 radical (unpaired) electrons. The van der Waals surface area contributed by atoms with Gasteiger partial charge in [0.15, 0.2) is 11.5 Å². The van der Waals surface area contributed by atoms with Crippen LogP contribution in [0.3, 0.4) is 0 Å². The zero-order valence-corrected chi connectivity index (χ0v) is 21.2. The van der Waals surface area contributed by atoms with Gasteiger partial charge in [-0.3, -0.25) is 4.79 Å². The topological polar surface area (TPSA) is 69.7 Å². The standard InChI is InChI=1S/C27H14Cl4O5/c28-17-11-19(24(21(30)13-17)35-26(33)15-7-3-1-4-8-15)23(32)20-12-18(29)14-22(31)25(20)36-27(34)16-9-5-2-6-10-16/h1-14H. The highest BCUT2D eigenvalue weighted by Gasteiger charge is 2.27. The van der Waals surface area contributed by atoms with Crippen molar-refractivity contribution in [2.24, 2.45) is 0 Å². The van der Waals surface area contributed by atoms with E-state index in [4.69, 9.17) is 55.9 Å². The minimum atomic E-state index is -0.742. The molecule has 5 nitrogen and oxygen atoms in total. The van der Waals surface area contributed by atoms with Gasteiger partial charge >= 0.3 is 11.9 Å². The zero-order chi connectivity index (χ0) is 25.8. The number of hydrogen-bond acceptors (Lipinski definition) is 5. The van der Waals surface area contributed by atoms with Crippen LogP contribution in [0.4, 0.5) is 0 Å². The first kappa shape index (κ1) is 25.7. The molecule has 0 fully saturated rings. The monoisotopic (exact) mass is 558 g/mol. The van der Waals surface area contributed by atoms with Crippen LogP contribution in [0.25, 0.3) is 0 Å². The van der Waals surface area contributed by atoms with Gasteiger partial charge < -0.3 is 9.47 Å². The van der Waals surface area contributed by atoms with Crippen molar-refractivity contribution in [2.75, 3.05) is 0 Å². The highest BCUT2D eigenvalue weighted by Crippen LogP contribution is 2.39. The zero-order valence-electron chi connectivity index (χ0n) is 18.1. The Labute approximate surface area is 226 Å². The molecule has 0 aliphatic rings. The highest BCUT2D eigenvalue weighted by atomic mass is 35.5. The number of rotatable bonds is 6. The van der Waals surface area contributed by atoms with Gasteiger partial charge in [-0.05, 0) is 48.5 Å². The van der Waals surface area contributed by atoms with E-state index in [0.29, 0.717) is 0 Å². The molecular weight excluding hydrogens is 546 g/mol. The van der Waals surface area contributed by atoms with Crippen molar-refractivity contribution in [1.82, 2.24) is 0 Å². The van der Waals surface area contributed by atoms with E-state index in [1.54, 1.807) is 60.7 Å². The number of benzene rings is 4. The van der Waals surface area contributed by atoms with Crippen molar-refractivity contribution in [1.29, 1.82) is 0 Å². The second kappa shape index (κ2) is 11.1. The molecule has 0 saturated heterocycles. The molecule has 0 aliphatic carbocycles. The van der Waals surface area contributed by atoms with Crippen LogP contribution >= 0.6 is 46.4 Å². The van der Waals surface area contributed by atoms with Crippen LogP contribution in [0.15, 0.2) is 84.9 Å². The molecule has 9 heteroatoms. The molecule has 0 bridgehead atoms. The molecule has 180 valence electrons. The molecule has 4 aromatic rings. The third-order valence-electron chi connectivity index (χ3n) is 4.91. The SMILES string of the molecule is O=C(Oc1c(Cl)cc(Cl)cc1C(=O)c1cc(Cl)cc(Cl)c1OC(=O)c1ccccc1)c1ccccc1. The fourth-order valence-electron chi connectivity index (χ4n) is 3.26. The predicted octanol–water partition coefficient (Wildman–Crippen LogP) is 7.97. The summed E-state index contributed by atoms with van der Waals surface area (Å²) in [6.45, 7) is 0. The molecule has 4 aromatic carbocycles. The Morgan fingerprint density at radius 1 is 0.528 bits per heavy atom.